The van der Waals surface area contributed by atoms with Gasteiger partial charge in [0, 0.05) is 9.37 Å². The van der Waals surface area contributed by atoms with Gasteiger partial charge in [-0.2, -0.15) is 0 Å². The van der Waals surface area contributed by atoms with E-state index in [0.29, 0.717) is 15.6 Å². The molecular formula is C14H11BrClNO2S. The molecule has 1 N–H and O–H groups in total. The van der Waals surface area contributed by atoms with Crippen molar-refractivity contribution in [3.63, 3.8) is 0 Å². The fourth-order valence-electron chi connectivity index (χ4n) is 1.50. The van der Waals surface area contributed by atoms with Gasteiger partial charge in [-0.15, -0.1) is 12.6 Å². The molecule has 2 aromatic rings. The number of thiol groups is 1. The van der Waals surface area contributed by atoms with Crippen LogP contribution in [-0.2, 0) is 11.3 Å². The minimum absolute atomic E-state index is 0.204. The Hall–Kier alpha value is -1.17. The summed E-state index contributed by atoms with van der Waals surface area (Å²) in [5.41, 5.74) is 1.38. The maximum atomic E-state index is 11.7. The number of halogens is 2. The van der Waals surface area contributed by atoms with Crippen LogP contribution in [0, 0.1) is 0 Å². The van der Waals surface area contributed by atoms with E-state index in [4.69, 9.17) is 16.3 Å². The monoisotopic (exact) mass is 371 g/mol. The molecule has 0 saturated heterocycles. The van der Waals surface area contributed by atoms with Crippen LogP contribution in [0.3, 0.4) is 0 Å². The summed E-state index contributed by atoms with van der Waals surface area (Å²) in [6, 6.07) is 12.8. The number of rotatable bonds is 3. The smallest absolute Gasteiger partial charge is 0.412 e. The first-order chi connectivity index (χ1) is 9.56. The van der Waals surface area contributed by atoms with Crippen molar-refractivity contribution in [2.75, 3.05) is 5.32 Å². The van der Waals surface area contributed by atoms with Gasteiger partial charge in [-0.25, -0.2) is 4.79 Å². The molecule has 1 amide bonds. The van der Waals surface area contributed by atoms with Crippen molar-refractivity contribution in [2.45, 2.75) is 11.5 Å². The number of amides is 1. The van der Waals surface area contributed by atoms with Crippen molar-refractivity contribution in [1.82, 2.24) is 0 Å². The second-order valence-corrected chi connectivity index (χ2v) is 5.71. The largest absolute Gasteiger partial charge is 0.444 e. The second kappa shape index (κ2) is 7.02. The van der Waals surface area contributed by atoms with E-state index in [2.05, 4.69) is 33.9 Å². The van der Waals surface area contributed by atoms with Crippen LogP contribution >= 0.6 is 40.2 Å². The Morgan fingerprint density at radius 2 is 2.00 bits per heavy atom. The fourth-order valence-corrected chi connectivity index (χ4v) is 2.33. The van der Waals surface area contributed by atoms with Gasteiger partial charge >= 0.3 is 6.09 Å². The predicted octanol–water partition coefficient (Wildman–Crippen LogP) is 5.14. The summed E-state index contributed by atoms with van der Waals surface area (Å²) in [4.78, 5) is 12.4. The molecule has 104 valence electrons. The maximum Gasteiger partial charge on any atom is 0.412 e. The quantitative estimate of drug-likeness (QED) is 0.732. The summed E-state index contributed by atoms with van der Waals surface area (Å²) in [5.74, 6) is 0. The Bertz CT molecular complexity index is 622. The van der Waals surface area contributed by atoms with Crippen LogP contribution in [0.2, 0.25) is 5.02 Å². The van der Waals surface area contributed by atoms with E-state index >= 15 is 0 Å². The number of anilines is 1. The fraction of sp³-hybridized carbons (Fsp3) is 0.0714. The molecule has 0 aromatic heterocycles. The van der Waals surface area contributed by atoms with Crippen LogP contribution in [0.15, 0.2) is 51.8 Å². The Balaban J connectivity index is 1.97. The molecule has 0 saturated carbocycles. The highest BCUT2D eigenvalue weighted by molar-refractivity contribution is 9.10. The van der Waals surface area contributed by atoms with Crippen LogP contribution in [0.5, 0.6) is 0 Å². The molecule has 0 unspecified atom stereocenters. The van der Waals surface area contributed by atoms with Gasteiger partial charge in [0.15, 0.2) is 0 Å². The maximum absolute atomic E-state index is 11.7. The van der Waals surface area contributed by atoms with E-state index in [9.17, 15) is 4.79 Å². The summed E-state index contributed by atoms with van der Waals surface area (Å²) in [6.45, 7) is 0.204. The SMILES string of the molecule is O=C(Nc1cc(Br)c(S)cc1Cl)OCc1ccccc1. The zero-order valence-corrected chi connectivity index (χ0v) is 13.5. The lowest BCUT2D eigenvalue weighted by molar-refractivity contribution is 0.155. The molecule has 0 aliphatic carbocycles. The third kappa shape index (κ3) is 4.16. The molecule has 2 rings (SSSR count). The highest BCUT2D eigenvalue weighted by atomic mass is 79.9. The highest BCUT2D eigenvalue weighted by Crippen LogP contribution is 2.31. The van der Waals surface area contributed by atoms with Crippen molar-refractivity contribution in [2.24, 2.45) is 0 Å². The molecule has 6 heteroatoms. The molecule has 0 spiro atoms. The van der Waals surface area contributed by atoms with E-state index in [1.165, 1.54) is 0 Å². The summed E-state index contributed by atoms with van der Waals surface area (Å²) >= 11 is 13.6. The zero-order chi connectivity index (χ0) is 14.5. The molecule has 0 bridgehead atoms. The zero-order valence-electron chi connectivity index (χ0n) is 10.3. The van der Waals surface area contributed by atoms with Crippen LogP contribution in [0.1, 0.15) is 5.56 Å². The Labute approximate surface area is 135 Å². The summed E-state index contributed by atoms with van der Waals surface area (Å²) in [7, 11) is 0. The number of hydrogen-bond acceptors (Lipinski definition) is 3. The molecule has 0 atom stereocenters. The van der Waals surface area contributed by atoms with E-state index in [0.717, 1.165) is 10.0 Å². The number of hydrogen-bond donors (Lipinski definition) is 2. The predicted molar refractivity (Wildman–Crippen MR) is 86.7 cm³/mol. The average Bonchev–Trinajstić information content (AvgIpc) is 2.44. The van der Waals surface area contributed by atoms with E-state index < -0.39 is 6.09 Å². The average molecular weight is 373 g/mol. The molecule has 2 aromatic carbocycles. The summed E-state index contributed by atoms with van der Waals surface area (Å²) < 4.78 is 5.85. The number of benzene rings is 2. The lowest BCUT2D eigenvalue weighted by Crippen LogP contribution is -2.13. The van der Waals surface area contributed by atoms with Gasteiger partial charge in [0.1, 0.15) is 6.61 Å². The van der Waals surface area contributed by atoms with Crippen molar-refractivity contribution >= 4 is 51.9 Å². The molecule has 0 heterocycles. The number of carbonyl (C=O) groups excluding carboxylic acids is 1. The van der Waals surface area contributed by atoms with Crippen LogP contribution in [0.25, 0.3) is 0 Å². The molecule has 0 radical (unpaired) electrons. The van der Waals surface area contributed by atoms with Crippen LogP contribution < -0.4 is 5.32 Å². The van der Waals surface area contributed by atoms with Gasteiger partial charge in [0.2, 0.25) is 0 Å². The normalized spacial score (nSPS) is 10.2. The third-order valence-electron chi connectivity index (χ3n) is 2.49. The van der Waals surface area contributed by atoms with Crippen molar-refractivity contribution in [3.8, 4) is 0 Å². The topological polar surface area (TPSA) is 38.3 Å². The first-order valence-corrected chi connectivity index (χ1v) is 7.34. The van der Waals surface area contributed by atoms with Gasteiger partial charge in [-0.3, -0.25) is 5.32 Å². The first-order valence-electron chi connectivity index (χ1n) is 5.72. The Morgan fingerprint density at radius 1 is 1.30 bits per heavy atom. The van der Waals surface area contributed by atoms with E-state index in [1.54, 1.807) is 12.1 Å². The Kier molecular flexibility index (Phi) is 5.34. The van der Waals surface area contributed by atoms with Crippen molar-refractivity contribution in [3.05, 3.63) is 57.5 Å². The third-order valence-corrected chi connectivity index (χ3v) is 4.13. The van der Waals surface area contributed by atoms with Crippen LogP contribution in [0.4, 0.5) is 10.5 Å². The minimum atomic E-state index is -0.561. The molecule has 20 heavy (non-hydrogen) atoms. The molecule has 3 nitrogen and oxygen atoms in total. The molecule has 0 aliphatic rings. The number of nitrogens with one attached hydrogen (secondary N) is 1. The van der Waals surface area contributed by atoms with E-state index in [-0.39, 0.29) is 6.61 Å². The summed E-state index contributed by atoms with van der Waals surface area (Å²) in [6.07, 6.45) is -0.561. The Morgan fingerprint density at radius 3 is 2.70 bits per heavy atom. The lowest BCUT2D eigenvalue weighted by atomic mass is 10.2. The highest BCUT2D eigenvalue weighted by Gasteiger charge is 2.09. The molecule has 0 aliphatic heterocycles. The number of ether oxygens (including phenoxy) is 1. The first kappa shape index (κ1) is 15.2. The standard InChI is InChI=1S/C14H11BrClNO2S/c15-10-6-12(11(16)7-13(10)20)17-14(18)19-8-9-4-2-1-3-5-9/h1-7,20H,8H2,(H,17,18). The molecule has 0 fully saturated rings. The second-order valence-electron chi connectivity index (χ2n) is 3.97. The van der Waals surface area contributed by atoms with Gasteiger partial charge < -0.3 is 4.74 Å². The van der Waals surface area contributed by atoms with Crippen LogP contribution in [-0.4, -0.2) is 6.09 Å². The molecular weight excluding hydrogens is 362 g/mol. The van der Waals surface area contributed by atoms with Gasteiger partial charge in [-0.1, -0.05) is 41.9 Å². The van der Waals surface area contributed by atoms with Crippen molar-refractivity contribution < 1.29 is 9.53 Å². The van der Waals surface area contributed by atoms with Gasteiger partial charge in [-0.05, 0) is 33.6 Å². The van der Waals surface area contributed by atoms with Gasteiger partial charge in [0.25, 0.3) is 0 Å². The van der Waals surface area contributed by atoms with Crippen molar-refractivity contribution in [1.29, 1.82) is 0 Å². The van der Waals surface area contributed by atoms with Gasteiger partial charge in [0.05, 0.1) is 10.7 Å². The number of carbonyl (C=O) groups is 1. The van der Waals surface area contributed by atoms with E-state index in [1.807, 2.05) is 30.3 Å². The lowest BCUT2D eigenvalue weighted by Gasteiger charge is -2.10. The minimum Gasteiger partial charge on any atom is -0.444 e. The summed E-state index contributed by atoms with van der Waals surface area (Å²) in [5, 5.41) is 2.99.